The maximum atomic E-state index is 13.0. The molecule has 3 rings (SSSR count). The Balaban J connectivity index is 1.44. The molecule has 1 heterocycles. The molecule has 1 saturated heterocycles. The average Bonchev–Trinajstić information content (AvgIpc) is 2.81. The molecular weight excluding hydrogens is 417 g/mol. The number of rotatable bonds is 9. The first-order chi connectivity index (χ1) is 15.4. The number of carboxylic acid groups (broad SMARTS) is 1. The molecule has 1 aliphatic heterocycles. The van der Waals surface area contributed by atoms with Gasteiger partial charge >= 0.3 is 5.97 Å². The monoisotopic (exact) mass is 443 g/mol. The van der Waals surface area contributed by atoms with Crippen molar-refractivity contribution in [3.05, 3.63) is 65.5 Å². The van der Waals surface area contributed by atoms with Gasteiger partial charge in [0.2, 0.25) is 0 Å². The number of piperidine rings is 1. The van der Waals surface area contributed by atoms with Gasteiger partial charge in [0.25, 0.3) is 5.91 Å². The highest BCUT2D eigenvalue weighted by atomic mass is 19.1. The third kappa shape index (κ3) is 6.13. The van der Waals surface area contributed by atoms with E-state index in [4.69, 9.17) is 14.6 Å². The van der Waals surface area contributed by atoms with E-state index >= 15 is 0 Å². The van der Waals surface area contributed by atoms with E-state index in [1.165, 1.54) is 31.4 Å². The van der Waals surface area contributed by atoms with Gasteiger partial charge in [-0.3, -0.25) is 9.59 Å². The molecule has 1 N–H and O–H groups in total. The van der Waals surface area contributed by atoms with Gasteiger partial charge in [-0.2, -0.15) is 0 Å². The number of amides is 1. The van der Waals surface area contributed by atoms with E-state index in [9.17, 15) is 18.8 Å². The van der Waals surface area contributed by atoms with Crippen LogP contribution in [-0.2, 0) is 20.7 Å². The number of methoxy groups -OCH3 is 1. The molecule has 0 bridgehead atoms. The van der Waals surface area contributed by atoms with E-state index < -0.39 is 12.1 Å². The molecule has 0 aromatic heterocycles. The van der Waals surface area contributed by atoms with Crippen LogP contribution in [0.3, 0.4) is 0 Å². The van der Waals surface area contributed by atoms with Gasteiger partial charge in [0.05, 0.1) is 0 Å². The fourth-order valence-electron chi connectivity index (χ4n) is 3.68. The number of carboxylic acids is 1. The molecule has 0 aliphatic carbocycles. The van der Waals surface area contributed by atoms with Crippen molar-refractivity contribution in [3.63, 3.8) is 0 Å². The number of hydrogen-bond acceptors (Lipinski definition) is 5. The lowest BCUT2D eigenvalue weighted by Gasteiger charge is -2.31. The van der Waals surface area contributed by atoms with Gasteiger partial charge in [-0.15, -0.1) is 0 Å². The first-order valence-electron chi connectivity index (χ1n) is 10.4. The second-order valence-corrected chi connectivity index (χ2v) is 7.73. The largest absolute Gasteiger partial charge is 0.484 e. The van der Waals surface area contributed by atoms with Crippen molar-refractivity contribution >= 4 is 17.7 Å². The van der Waals surface area contributed by atoms with E-state index in [0.717, 1.165) is 5.56 Å². The zero-order chi connectivity index (χ0) is 23.1. The van der Waals surface area contributed by atoms with Crippen molar-refractivity contribution in [3.8, 4) is 5.75 Å². The van der Waals surface area contributed by atoms with E-state index in [-0.39, 0.29) is 36.5 Å². The van der Waals surface area contributed by atoms with E-state index in [1.54, 1.807) is 29.2 Å². The molecule has 7 nitrogen and oxygen atoms in total. The molecule has 1 fully saturated rings. The number of ketones is 1. The van der Waals surface area contributed by atoms with Crippen molar-refractivity contribution in [2.75, 3.05) is 26.8 Å². The van der Waals surface area contributed by atoms with Gasteiger partial charge in [-0.1, -0.05) is 12.1 Å². The van der Waals surface area contributed by atoms with E-state index in [1.807, 2.05) is 0 Å². The number of Topliss-reactive ketones (excluding diaryl/α,β-unsaturated/α-hetero) is 1. The Morgan fingerprint density at radius 3 is 2.25 bits per heavy atom. The number of hydrogen-bond donors (Lipinski definition) is 1. The minimum absolute atomic E-state index is 0.0213. The third-order valence-corrected chi connectivity index (χ3v) is 5.61. The smallest absolute Gasteiger partial charge is 0.333 e. The Morgan fingerprint density at radius 1 is 1.06 bits per heavy atom. The summed E-state index contributed by atoms with van der Waals surface area (Å²) in [6.07, 6.45) is 0.430. The van der Waals surface area contributed by atoms with Crippen LogP contribution in [0.1, 0.15) is 28.8 Å². The van der Waals surface area contributed by atoms with Gasteiger partial charge in [0.15, 0.2) is 18.5 Å². The Morgan fingerprint density at radius 2 is 1.69 bits per heavy atom. The summed E-state index contributed by atoms with van der Waals surface area (Å²) in [5.41, 5.74) is 1.27. The van der Waals surface area contributed by atoms with Crippen molar-refractivity contribution in [1.82, 2.24) is 4.90 Å². The zero-order valence-corrected chi connectivity index (χ0v) is 17.8. The summed E-state index contributed by atoms with van der Waals surface area (Å²) < 4.78 is 23.5. The normalized spacial score (nSPS) is 15.2. The summed E-state index contributed by atoms with van der Waals surface area (Å²) >= 11 is 0. The lowest BCUT2D eigenvalue weighted by Crippen LogP contribution is -2.42. The van der Waals surface area contributed by atoms with Crippen LogP contribution in [0.5, 0.6) is 5.75 Å². The predicted molar refractivity (Wildman–Crippen MR) is 114 cm³/mol. The van der Waals surface area contributed by atoms with Crippen LogP contribution >= 0.6 is 0 Å². The second kappa shape index (κ2) is 10.9. The minimum Gasteiger partial charge on any atom is -0.484 e. The van der Waals surface area contributed by atoms with Crippen LogP contribution in [0, 0.1) is 11.7 Å². The standard InChI is InChI=1S/C24H26FNO6/c1-31-21(24(29)30)14-16-2-8-20(9-3-16)32-15-22(27)26-12-10-18(11-13-26)23(28)17-4-6-19(25)7-5-17/h2-9,18,21H,10-15H2,1H3,(H,29,30). The average molecular weight is 443 g/mol. The van der Waals surface area contributed by atoms with Crippen LogP contribution in [0.25, 0.3) is 0 Å². The van der Waals surface area contributed by atoms with E-state index in [2.05, 4.69) is 0 Å². The third-order valence-electron chi connectivity index (χ3n) is 5.61. The summed E-state index contributed by atoms with van der Waals surface area (Å²) in [6, 6.07) is 12.4. The van der Waals surface area contributed by atoms with Crippen LogP contribution in [0.2, 0.25) is 0 Å². The summed E-state index contributed by atoms with van der Waals surface area (Å²) in [4.78, 5) is 37.8. The molecule has 8 heteroatoms. The quantitative estimate of drug-likeness (QED) is 0.599. The van der Waals surface area contributed by atoms with Gasteiger partial charge < -0.3 is 19.5 Å². The number of carbonyl (C=O) groups is 3. The Kier molecular flexibility index (Phi) is 7.94. The second-order valence-electron chi connectivity index (χ2n) is 7.73. The molecular formula is C24H26FNO6. The Hall–Kier alpha value is -3.26. The molecule has 0 saturated carbocycles. The molecule has 0 radical (unpaired) electrons. The summed E-state index contributed by atoms with van der Waals surface area (Å²) in [6.45, 7) is 0.810. The highest BCUT2D eigenvalue weighted by molar-refractivity contribution is 5.98. The first kappa shape index (κ1) is 23.4. The molecule has 1 aliphatic rings. The lowest BCUT2D eigenvalue weighted by atomic mass is 9.89. The fraction of sp³-hybridized carbons (Fsp3) is 0.375. The van der Waals surface area contributed by atoms with Gasteiger partial charge in [-0.25, -0.2) is 9.18 Å². The summed E-state index contributed by atoms with van der Waals surface area (Å²) in [5, 5.41) is 9.05. The molecule has 2 aromatic carbocycles. The number of likely N-dealkylation sites (tertiary alicyclic amines) is 1. The SMILES string of the molecule is COC(Cc1ccc(OCC(=O)N2CCC(C(=O)c3ccc(F)cc3)CC2)cc1)C(=O)O. The van der Waals surface area contributed by atoms with Crippen molar-refractivity contribution in [2.24, 2.45) is 5.92 Å². The highest BCUT2D eigenvalue weighted by Gasteiger charge is 2.28. The molecule has 2 aromatic rings. The van der Waals surface area contributed by atoms with Gasteiger partial charge in [0, 0.05) is 38.1 Å². The number of ether oxygens (including phenoxy) is 2. The molecule has 32 heavy (non-hydrogen) atoms. The summed E-state index contributed by atoms with van der Waals surface area (Å²) in [7, 11) is 1.35. The number of benzene rings is 2. The maximum Gasteiger partial charge on any atom is 0.333 e. The van der Waals surface area contributed by atoms with Crippen molar-refractivity contribution < 1.29 is 33.4 Å². The number of halogens is 1. The summed E-state index contributed by atoms with van der Waals surface area (Å²) in [5.74, 6) is -1.26. The molecule has 1 amide bonds. The fourth-order valence-corrected chi connectivity index (χ4v) is 3.68. The Labute approximate surface area is 185 Å². The van der Waals surface area contributed by atoms with Crippen LogP contribution in [0.4, 0.5) is 4.39 Å². The molecule has 0 spiro atoms. The van der Waals surface area contributed by atoms with E-state index in [0.29, 0.717) is 37.2 Å². The Bertz CT molecular complexity index is 936. The topological polar surface area (TPSA) is 93.1 Å². The van der Waals surface area contributed by atoms with Crippen molar-refractivity contribution in [1.29, 1.82) is 0 Å². The number of carbonyl (C=O) groups excluding carboxylic acids is 2. The van der Waals surface area contributed by atoms with Crippen LogP contribution in [-0.4, -0.2) is 60.6 Å². The zero-order valence-electron chi connectivity index (χ0n) is 17.8. The molecule has 1 unspecified atom stereocenters. The van der Waals surface area contributed by atoms with Crippen LogP contribution in [0.15, 0.2) is 48.5 Å². The van der Waals surface area contributed by atoms with Crippen molar-refractivity contribution in [2.45, 2.75) is 25.4 Å². The minimum atomic E-state index is -1.03. The van der Waals surface area contributed by atoms with Gasteiger partial charge in [-0.05, 0) is 54.8 Å². The number of aliphatic carboxylic acids is 1. The first-order valence-corrected chi connectivity index (χ1v) is 10.4. The predicted octanol–water partition coefficient (Wildman–Crippen LogP) is 2.97. The van der Waals surface area contributed by atoms with Crippen LogP contribution < -0.4 is 4.74 Å². The lowest BCUT2D eigenvalue weighted by molar-refractivity contribution is -0.148. The molecule has 170 valence electrons. The molecule has 1 atom stereocenters. The number of nitrogens with zero attached hydrogens (tertiary/aromatic N) is 1. The maximum absolute atomic E-state index is 13.0. The highest BCUT2D eigenvalue weighted by Crippen LogP contribution is 2.22. The van der Waals surface area contributed by atoms with Gasteiger partial charge in [0.1, 0.15) is 11.6 Å².